The molecular formula is C17H18N2O2. The molecule has 0 aliphatic heterocycles. The van der Waals surface area contributed by atoms with Crippen LogP contribution < -0.4 is 10.2 Å². The molecule has 0 fully saturated rings. The number of ether oxygens (including phenoxy) is 1. The van der Waals surface area contributed by atoms with Crippen molar-refractivity contribution in [3.05, 3.63) is 65.2 Å². The van der Waals surface area contributed by atoms with Crippen molar-refractivity contribution in [1.29, 1.82) is 0 Å². The van der Waals surface area contributed by atoms with E-state index in [-0.39, 0.29) is 5.91 Å². The Balaban J connectivity index is 2.12. The van der Waals surface area contributed by atoms with E-state index in [0.29, 0.717) is 11.3 Å². The summed E-state index contributed by atoms with van der Waals surface area (Å²) in [5, 5.41) is 4.14. The third-order valence-corrected chi connectivity index (χ3v) is 3.15. The maximum atomic E-state index is 12.1. The van der Waals surface area contributed by atoms with Crippen molar-refractivity contribution in [2.45, 2.75) is 13.8 Å². The molecule has 0 unspecified atom stereocenters. The summed E-state index contributed by atoms with van der Waals surface area (Å²) < 4.78 is 5.16. The van der Waals surface area contributed by atoms with Gasteiger partial charge in [-0.2, -0.15) is 5.10 Å². The van der Waals surface area contributed by atoms with Crippen LogP contribution in [-0.4, -0.2) is 18.7 Å². The molecule has 1 amide bonds. The second kappa shape index (κ2) is 6.70. The minimum atomic E-state index is -0.293. The van der Waals surface area contributed by atoms with Gasteiger partial charge in [0, 0.05) is 0 Å². The zero-order chi connectivity index (χ0) is 15.2. The number of para-hydroxylation sites is 1. The van der Waals surface area contributed by atoms with Crippen LogP contribution in [0.5, 0.6) is 5.75 Å². The Kier molecular flexibility index (Phi) is 4.72. The van der Waals surface area contributed by atoms with Gasteiger partial charge in [0.25, 0.3) is 5.91 Å². The standard InChI is InChI=1S/C17H18N2O2/c1-12-8-10-14(11-9-12)13(2)18-19-17(20)15-6-4-5-7-16(15)21-3/h4-11H,1-3H3,(H,19,20)/b18-13+. The number of methoxy groups -OCH3 is 1. The average molecular weight is 282 g/mol. The molecule has 4 nitrogen and oxygen atoms in total. The second-order valence-corrected chi connectivity index (χ2v) is 4.70. The number of hydrazone groups is 1. The lowest BCUT2D eigenvalue weighted by Crippen LogP contribution is -2.20. The number of carbonyl (C=O) groups excluding carboxylic acids is 1. The number of hydrogen-bond acceptors (Lipinski definition) is 3. The second-order valence-electron chi connectivity index (χ2n) is 4.70. The maximum absolute atomic E-state index is 12.1. The van der Waals surface area contributed by atoms with Crippen LogP contribution in [0.4, 0.5) is 0 Å². The Morgan fingerprint density at radius 2 is 1.76 bits per heavy atom. The van der Waals surface area contributed by atoms with Crippen molar-refractivity contribution in [1.82, 2.24) is 5.43 Å². The first-order valence-electron chi connectivity index (χ1n) is 6.66. The van der Waals surface area contributed by atoms with Crippen LogP contribution in [0.1, 0.15) is 28.4 Å². The summed E-state index contributed by atoms with van der Waals surface area (Å²) in [6.07, 6.45) is 0. The summed E-state index contributed by atoms with van der Waals surface area (Å²) in [5.74, 6) is 0.233. The summed E-state index contributed by atoms with van der Waals surface area (Å²) in [7, 11) is 1.53. The van der Waals surface area contributed by atoms with E-state index in [2.05, 4.69) is 10.5 Å². The largest absolute Gasteiger partial charge is 0.496 e. The van der Waals surface area contributed by atoms with Crippen molar-refractivity contribution in [3.63, 3.8) is 0 Å². The fourth-order valence-electron chi connectivity index (χ4n) is 1.89. The highest BCUT2D eigenvalue weighted by atomic mass is 16.5. The van der Waals surface area contributed by atoms with E-state index in [1.165, 1.54) is 12.7 Å². The summed E-state index contributed by atoms with van der Waals surface area (Å²) in [6, 6.07) is 15.0. The molecular weight excluding hydrogens is 264 g/mol. The van der Waals surface area contributed by atoms with Gasteiger partial charge in [0.1, 0.15) is 5.75 Å². The van der Waals surface area contributed by atoms with E-state index in [9.17, 15) is 4.79 Å². The Labute approximate surface area is 124 Å². The first-order chi connectivity index (χ1) is 10.1. The summed E-state index contributed by atoms with van der Waals surface area (Å²) >= 11 is 0. The predicted octanol–water partition coefficient (Wildman–Crippen LogP) is 3.16. The Hall–Kier alpha value is -2.62. The zero-order valence-electron chi connectivity index (χ0n) is 12.4. The highest BCUT2D eigenvalue weighted by Crippen LogP contribution is 2.16. The van der Waals surface area contributed by atoms with Crippen LogP contribution in [0.2, 0.25) is 0 Å². The molecule has 1 N–H and O–H groups in total. The molecule has 4 heteroatoms. The van der Waals surface area contributed by atoms with Gasteiger partial charge in [-0.15, -0.1) is 0 Å². The third-order valence-electron chi connectivity index (χ3n) is 3.15. The number of nitrogens with one attached hydrogen (secondary N) is 1. The molecule has 0 atom stereocenters. The molecule has 0 saturated heterocycles. The highest BCUT2D eigenvalue weighted by Gasteiger charge is 2.10. The first-order valence-corrected chi connectivity index (χ1v) is 6.66. The Morgan fingerprint density at radius 3 is 2.43 bits per heavy atom. The molecule has 2 aromatic carbocycles. The maximum Gasteiger partial charge on any atom is 0.275 e. The van der Waals surface area contributed by atoms with Gasteiger partial charge in [-0.25, -0.2) is 5.43 Å². The topological polar surface area (TPSA) is 50.7 Å². The van der Waals surface area contributed by atoms with Crippen molar-refractivity contribution in [3.8, 4) is 5.75 Å². The Morgan fingerprint density at radius 1 is 1.10 bits per heavy atom. The molecule has 0 bridgehead atoms. The molecule has 0 aromatic heterocycles. The highest BCUT2D eigenvalue weighted by molar-refractivity contribution is 6.01. The van der Waals surface area contributed by atoms with Crippen molar-refractivity contribution >= 4 is 11.6 Å². The molecule has 21 heavy (non-hydrogen) atoms. The van der Waals surface area contributed by atoms with Gasteiger partial charge in [0.05, 0.1) is 18.4 Å². The quantitative estimate of drug-likeness (QED) is 0.691. The van der Waals surface area contributed by atoms with Crippen molar-refractivity contribution in [2.24, 2.45) is 5.10 Å². The molecule has 0 saturated carbocycles. The van der Waals surface area contributed by atoms with Gasteiger partial charge in [0.15, 0.2) is 0 Å². The first kappa shape index (κ1) is 14.8. The molecule has 0 aliphatic rings. The monoisotopic (exact) mass is 282 g/mol. The van der Waals surface area contributed by atoms with E-state index < -0.39 is 0 Å². The minimum Gasteiger partial charge on any atom is -0.496 e. The van der Waals surface area contributed by atoms with Crippen molar-refractivity contribution < 1.29 is 9.53 Å². The smallest absolute Gasteiger partial charge is 0.275 e. The predicted molar refractivity (Wildman–Crippen MR) is 83.9 cm³/mol. The summed E-state index contributed by atoms with van der Waals surface area (Å²) in [4.78, 5) is 12.1. The van der Waals surface area contributed by atoms with Gasteiger partial charge >= 0.3 is 0 Å². The lowest BCUT2D eigenvalue weighted by molar-refractivity contribution is 0.0952. The minimum absolute atomic E-state index is 0.293. The van der Waals surface area contributed by atoms with E-state index in [4.69, 9.17) is 4.74 Å². The normalized spacial score (nSPS) is 11.1. The van der Waals surface area contributed by atoms with E-state index in [1.54, 1.807) is 18.2 Å². The van der Waals surface area contributed by atoms with Gasteiger partial charge < -0.3 is 4.74 Å². The van der Waals surface area contributed by atoms with Crippen LogP contribution in [0, 0.1) is 6.92 Å². The number of aryl methyl sites for hydroxylation is 1. The number of benzene rings is 2. The molecule has 0 spiro atoms. The van der Waals surface area contributed by atoms with Gasteiger partial charge in [-0.3, -0.25) is 4.79 Å². The summed E-state index contributed by atoms with van der Waals surface area (Å²) in [6.45, 7) is 3.88. The molecule has 2 aromatic rings. The van der Waals surface area contributed by atoms with Crippen LogP contribution in [0.15, 0.2) is 53.6 Å². The zero-order valence-corrected chi connectivity index (χ0v) is 12.4. The van der Waals surface area contributed by atoms with Crippen LogP contribution in [0.3, 0.4) is 0 Å². The fraction of sp³-hybridized carbons (Fsp3) is 0.176. The number of rotatable bonds is 4. The van der Waals surface area contributed by atoms with Crippen LogP contribution >= 0.6 is 0 Å². The van der Waals surface area contributed by atoms with Crippen LogP contribution in [-0.2, 0) is 0 Å². The lowest BCUT2D eigenvalue weighted by atomic mass is 10.1. The molecule has 2 rings (SSSR count). The van der Waals surface area contributed by atoms with Gasteiger partial charge in [-0.1, -0.05) is 42.0 Å². The third kappa shape index (κ3) is 3.69. The number of hydrogen-bond donors (Lipinski definition) is 1. The molecule has 0 heterocycles. The SMILES string of the molecule is COc1ccccc1C(=O)N/N=C(\C)c1ccc(C)cc1. The van der Waals surface area contributed by atoms with E-state index in [1.807, 2.05) is 44.2 Å². The Bertz CT molecular complexity index is 661. The molecule has 0 radical (unpaired) electrons. The van der Waals surface area contributed by atoms with Gasteiger partial charge in [0.2, 0.25) is 0 Å². The number of amides is 1. The van der Waals surface area contributed by atoms with Crippen LogP contribution in [0.25, 0.3) is 0 Å². The van der Waals surface area contributed by atoms with Crippen molar-refractivity contribution in [2.75, 3.05) is 7.11 Å². The molecule has 108 valence electrons. The molecule has 0 aliphatic carbocycles. The lowest BCUT2D eigenvalue weighted by Gasteiger charge is -2.07. The van der Waals surface area contributed by atoms with E-state index >= 15 is 0 Å². The van der Waals surface area contributed by atoms with E-state index in [0.717, 1.165) is 11.3 Å². The number of carbonyl (C=O) groups is 1. The van der Waals surface area contributed by atoms with Gasteiger partial charge in [-0.05, 0) is 31.5 Å². The summed E-state index contributed by atoms with van der Waals surface area (Å²) in [5.41, 5.74) is 5.92. The fourth-order valence-corrected chi connectivity index (χ4v) is 1.89. The average Bonchev–Trinajstić information content (AvgIpc) is 2.52. The number of nitrogens with zero attached hydrogens (tertiary/aromatic N) is 1.